The van der Waals surface area contributed by atoms with E-state index in [1.54, 1.807) is 0 Å². The Bertz CT molecular complexity index is 919. The van der Waals surface area contributed by atoms with Gasteiger partial charge in [0, 0.05) is 12.0 Å². The average molecular weight is 463 g/mol. The van der Waals surface area contributed by atoms with Crippen LogP contribution in [0.2, 0.25) is 0 Å². The number of rotatable bonds is 16. The molecule has 0 N–H and O–H groups in total. The molecular formula is C32H46O2. The molecule has 0 aliphatic heterocycles. The van der Waals surface area contributed by atoms with Crippen molar-refractivity contribution in [2.75, 3.05) is 0 Å². The molecule has 2 aromatic rings. The number of ether oxygens (including phenoxy) is 1. The summed E-state index contributed by atoms with van der Waals surface area (Å²) in [5.74, 6) is 0.548. The first-order chi connectivity index (χ1) is 16.6. The van der Waals surface area contributed by atoms with Crippen LogP contribution < -0.4 is 0 Å². The van der Waals surface area contributed by atoms with E-state index in [0.29, 0.717) is 12.3 Å². The fourth-order valence-corrected chi connectivity index (χ4v) is 5.21. The minimum atomic E-state index is -0.261. The van der Waals surface area contributed by atoms with Crippen molar-refractivity contribution in [2.24, 2.45) is 5.92 Å². The van der Waals surface area contributed by atoms with Gasteiger partial charge in [0.1, 0.15) is 6.10 Å². The SMILES string of the molecule is CCCCCCCCCCCCC1=CC(OC(=O)CCCC(C)C)c2cccc3cccc1c23. The number of hydrogen-bond donors (Lipinski definition) is 0. The molecule has 0 bridgehead atoms. The van der Waals surface area contributed by atoms with Gasteiger partial charge in [-0.1, -0.05) is 121 Å². The first-order valence-corrected chi connectivity index (χ1v) is 14.0. The van der Waals surface area contributed by atoms with Crippen LogP contribution in [0.5, 0.6) is 0 Å². The van der Waals surface area contributed by atoms with Gasteiger partial charge in [0.25, 0.3) is 0 Å². The summed E-state index contributed by atoms with van der Waals surface area (Å²) in [7, 11) is 0. The van der Waals surface area contributed by atoms with E-state index in [2.05, 4.69) is 63.2 Å². The van der Waals surface area contributed by atoms with E-state index in [9.17, 15) is 4.79 Å². The van der Waals surface area contributed by atoms with Gasteiger partial charge in [-0.15, -0.1) is 0 Å². The van der Waals surface area contributed by atoms with Crippen LogP contribution in [0.3, 0.4) is 0 Å². The minimum absolute atomic E-state index is 0.0726. The lowest BCUT2D eigenvalue weighted by Gasteiger charge is -2.25. The maximum absolute atomic E-state index is 12.6. The van der Waals surface area contributed by atoms with Crippen molar-refractivity contribution in [1.29, 1.82) is 0 Å². The Hall–Kier alpha value is -2.09. The van der Waals surface area contributed by atoms with Crippen molar-refractivity contribution in [2.45, 2.75) is 117 Å². The largest absolute Gasteiger partial charge is 0.453 e. The zero-order chi connectivity index (χ0) is 24.2. The van der Waals surface area contributed by atoms with Crippen molar-refractivity contribution >= 4 is 22.3 Å². The lowest BCUT2D eigenvalue weighted by molar-refractivity contribution is -0.147. The molecule has 0 radical (unpaired) electrons. The smallest absolute Gasteiger partial charge is 0.306 e. The molecule has 3 rings (SSSR count). The third-order valence-electron chi connectivity index (χ3n) is 7.16. The molecule has 186 valence electrons. The van der Waals surface area contributed by atoms with Crippen LogP contribution in [0.25, 0.3) is 16.3 Å². The summed E-state index contributed by atoms with van der Waals surface area (Å²) < 4.78 is 6.03. The van der Waals surface area contributed by atoms with E-state index >= 15 is 0 Å². The van der Waals surface area contributed by atoms with Gasteiger partial charge >= 0.3 is 5.97 Å². The fraction of sp³-hybridized carbons (Fsp3) is 0.594. The zero-order valence-corrected chi connectivity index (χ0v) is 21.9. The van der Waals surface area contributed by atoms with E-state index in [0.717, 1.165) is 24.8 Å². The molecular weight excluding hydrogens is 416 g/mol. The van der Waals surface area contributed by atoms with Gasteiger partial charge in [0.15, 0.2) is 0 Å². The molecule has 1 atom stereocenters. The van der Waals surface area contributed by atoms with E-state index in [1.165, 1.54) is 86.1 Å². The van der Waals surface area contributed by atoms with E-state index in [-0.39, 0.29) is 12.1 Å². The molecule has 1 aliphatic carbocycles. The minimum Gasteiger partial charge on any atom is -0.453 e. The Morgan fingerprint density at radius 3 is 2.18 bits per heavy atom. The Morgan fingerprint density at radius 1 is 0.853 bits per heavy atom. The Kier molecular flexibility index (Phi) is 11.2. The van der Waals surface area contributed by atoms with Crippen molar-refractivity contribution in [3.8, 4) is 0 Å². The number of carbonyl (C=O) groups excluding carboxylic acids is 1. The summed E-state index contributed by atoms with van der Waals surface area (Å²) >= 11 is 0. The monoisotopic (exact) mass is 462 g/mol. The summed E-state index contributed by atoms with van der Waals surface area (Å²) in [6.07, 6.45) is 19.0. The second kappa shape index (κ2) is 14.3. The quantitative estimate of drug-likeness (QED) is 0.183. The van der Waals surface area contributed by atoms with Crippen LogP contribution in [0, 0.1) is 5.92 Å². The third-order valence-corrected chi connectivity index (χ3v) is 7.16. The summed E-state index contributed by atoms with van der Waals surface area (Å²) in [5.41, 5.74) is 3.82. The van der Waals surface area contributed by atoms with Gasteiger partial charge in [-0.05, 0) is 53.2 Å². The van der Waals surface area contributed by atoms with Crippen molar-refractivity contribution in [3.63, 3.8) is 0 Å². The van der Waals surface area contributed by atoms with Crippen LogP contribution in [-0.2, 0) is 9.53 Å². The van der Waals surface area contributed by atoms with Crippen LogP contribution >= 0.6 is 0 Å². The number of unbranched alkanes of at least 4 members (excludes halogenated alkanes) is 9. The second-order valence-corrected chi connectivity index (χ2v) is 10.6. The van der Waals surface area contributed by atoms with E-state index in [4.69, 9.17) is 4.74 Å². The van der Waals surface area contributed by atoms with Crippen molar-refractivity contribution < 1.29 is 9.53 Å². The molecule has 34 heavy (non-hydrogen) atoms. The standard InChI is InChI=1S/C32H46O2/c1-4-5-6-7-8-9-10-11-12-13-18-27-24-30(34-31(33)23-14-17-25(2)3)29-22-16-20-26-19-15-21-28(27)32(26)29/h15-16,19-22,24-25,30H,4-14,17-18,23H2,1-3H3. The van der Waals surface area contributed by atoms with Gasteiger partial charge in [0.05, 0.1) is 0 Å². The molecule has 0 aromatic heterocycles. The highest BCUT2D eigenvalue weighted by Gasteiger charge is 2.24. The van der Waals surface area contributed by atoms with Gasteiger partial charge in [0.2, 0.25) is 0 Å². The average Bonchev–Trinajstić information content (AvgIpc) is 2.82. The van der Waals surface area contributed by atoms with Crippen LogP contribution in [-0.4, -0.2) is 5.97 Å². The molecule has 0 amide bonds. The molecule has 0 saturated heterocycles. The van der Waals surface area contributed by atoms with Gasteiger partial charge in [-0.25, -0.2) is 0 Å². The van der Waals surface area contributed by atoms with Gasteiger partial charge < -0.3 is 4.74 Å². The molecule has 2 aromatic carbocycles. The lowest BCUT2D eigenvalue weighted by Crippen LogP contribution is -2.13. The third kappa shape index (κ3) is 8.00. The van der Waals surface area contributed by atoms with Crippen LogP contribution in [0.1, 0.15) is 128 Å². The second-order valence-electron chi connectivity index (χ2n) is 10.6. The highest BCUT2D eigenvalue weighted by atomic mass is 16.5. The summed E-state index contributed by atoms with van der Waals surface area (Å²) in [6, 6.07) is 13.0. The predicted molar refractivity (Wildman–Crippen MR) is 146 cm³/mol. The van der Waals surface area contributed by atoms with E-state index in [1.807, 2.05) is 0 Å². The topological polar surface area (TPSA) is 26.3 Å². The fourth-order valence-electron chi connectivity index (χ4n) is 5.21. The maximum Gasteiger partial charge on any atom is 0.306 e. The number of benzene rings is 2. The molecule has 0 spiro atoms. The Labute approximate surface area is 208 Å². The van der Waals surface area contributed by atoms with E-state index < -0.39 is 0 Å². The lowest BCUT2D eigenvalue weighted by atomic mass is 9.84. The number of allylic oxidation sites excluding steroid dienone is 1. The van der Waals surface area contributed by atoms with Crippen molar-refractivity contribution in [3.05, 3.63) is 53.6 Å². The molecule has 0 saturated carbocycles. The number of esters is 1. The van der Waals surface area contributed by atoms with Gasteiger partial charge in [-0.3, -0.25) is 4.79 Å². The van der Waals surface area contributed by atoms with Gasteiger partial charge in [-0.2, -0.15) is 0 Å². The Morgan fingerprint density at radius 2 is 1.50 bits per heavy atom. The highest BCUT2D eigenvalue weighted by molar-refractivity contribution is 5.98. The summed E-state index contributed by atoms with van der Waals surface area (Å²) in [4.78, 5) is 12.6. The maximum atomic E-state index is 12.6. The normalized spacial score (nSPS) is 15.1. The van der Waals surface area contributed by atoms with Crippen LogP contribution in [0.15, 0.2) is 42.5 Å². The zero-order valence-electron chi connectivity index (χ0n) is 21.9. The molecule has 0 heterocycles. The summed E-state index contributed by atoms with van der Waals surface area (Å²) in [6.45, 7) is 6.68. The van der Waals surface area contributed by atoms with Crippen LogP contribution in [0.4, 0.5) is 0 Å². The number of hydrogen-bond acceptors (Lipinski definition) is 2. The molecule has 2 nitrogen and oxygen atoms in total. The Balaban J connectivity index is 1.57. The molecule has 1 unspecified atom stereocenters. The predicted octanol–water partition coefficient (Wildman–Crippen LogP) is 9.96. The molecule has 1 aliphatic rings. The molecule has 0 fully saturated rings. The molecule has 2 heteroatoms. The summed E-state index contributed by atoms with van der Waals surface area (Å²) in [5, 5.41) is 2.51. The first-order valence-electron chi connectivity index (χ1n) is 14.0. The number of carbonyl (C=O) groups is 1. The highest BCUT2D eigenvalue weighted by Crippen LogP contribution is 2.41. The first kappa shape index (κ1) is 26.5. The van der Waals surface area contributed by atoms with Crippen molar-refractivity contribution in [1.82, 2.24) is 0 Å².